The van der Waals surface area contributed by atoms with Gasteiger partial charge in [0.15, 0.2) is 0 Å². The van der Waals surface area contributed by atoms with Gasteiger partial charge >= 0.3 is 5.97 Å². The summed E-state index contributed by atoms with van der Waals surface area (Å²) in [6.45, 7) is 8.45. The van der Waals surface area contributed by atoms with Crippen LogP contribution in [0.2, 0.25) is 0 Å². The Morgan fingerprint density at radius 2 is 2.06 bits per heavy atom. The summed E-state index contributed by atoms with van der Waals surface area (Å²) in [6.07, 6.45) is 3.95. The molecule has 0 aromatic carbocycles. The summed E-state index contributed by atoms with van der Waals surface area (Å²) in [4.78, 5) is 12.7. The first-order valence-corrected chi connectivity index (χ1v) is 5.75. The van der Waals surface area contributed by atoms with Crippen molar-refractivity contribution in [2.24, 2.45) is 0 Å². The topological polar surface area (TPSA) is 49.8 Å². The van der Waals surface area contributed by atoms with Crippen LogP contribution in [0.25, 0.3) is 0 Å². The van der Waals surface area contributed by atoms with Crippen LogP contribution >= 0.6 is 0 Å². The van der Waals surface area contributed by atoms with Crippen LogP contribution in [0, 0.1) is 0 Å². The van der Waals surface area contributed by atoms with Gasteiger partial charge < -0.3 is 9.84 Å². The molecule has 0 aromatic rings. The molecule has 0 saturated carbocycles. The lowest BCUT2D eigenvalue weighted by Crippen LogP contribution is -2.46. The molecule has 2 atom stereocenters. The molecule has 1 N–H and O–H groups in total. The maximum atomic E-state index is 10.8. The number of hydrogen-bond acceptors (Lipinski definition) is 3. The zero-order chi connectivity index (χ0) is 12.1. The summed E-state index contributed by atoms with van der Waals surface area (Å²) in [7, 11) is 0. The number of carboxylic acids is 1. The molecule has 4 heteroatoms. The van der Waals surface area contributed by atoms with E-state index in [1.165, 1.54) is 0 Å². The SMILES string of the molecule is C=CCN(CC(=O)O)C1CC(C)OC(C)C1. The van der Waals surface area contributed by atoms with E-state index in [1.807, 2.05) is 18.7 Å². The van der Waals surface area contributed by atoms with Crippen molar-refractivity contribution in [3.63, 3.8) is 0 Å². The summed E-state index contributed by atoms with van der Waals surface area (Å²) >= 11 is 0. The molecule has 1 fully saturated rings. The maximum Gasteiger partial charge on any atom is 0.317 e. The third kappa shape index (κ3) is 3.94. The van der Waals surface area contributed by atoms with Crippen LogP contribution in [0.1, 0.15) is 26.7 Å². The van der Waals surface area contributed by atoms with Crippen molar-refractivity contribution >= 4 is 5.97 Å². The third-order valence-corrected chi connectivity index (χ3v) is 2.89. The predicted octanol–water partition coefficient (Wildman–Crippen LogP) is 1.52. The number of hydrogen-bond donors (Lipinski definition) is 1. The third-order valence-electron chi connectivity index (χ3n) is 2.89. The normalized spacial score (nSPS) is 30.3. The highest BCUT2D eigenvalue weighted by atomic mass is 16.5. The van der Waals surface area contributed by atoms with E-state index in [9.17, 15) is 4.79 Å². The molecule has 1 saturated heterocycles. The summed E-state index contributed by atoms with van der Waals surface area (Å²) in [5.41, 5.74) is 0. The summed E-state index contributed by atoms with van der Waals surface area (Å²) in [5, 5.41) is 8.87. The van der Waals surface area contributed by atoms with Crippen molar-refractivity contribution in [3.05, 3.63) is 12.7 Å². The fraction of sp³-hybridized carbons (Fsp3) is 0.750. The second kappa shape index (κ2) is 6.01. The molecule has 4 nitrogen and oxygen atoms in total. The van der Waals surface area contributed by atoms with E-state index in [0.29, 0.717) is 6.54 Å². The quantitative estimate of drug-likeness (QED) is 0.723. The number of rotatable bonds is 5. The fourth-order valence-corrected chi connectivity index (χ4v) is 2.35. The Bertz CT molecular complexity index is 245. The van der Waals surface area contributed by atoms with E-state index in [0.717, 1.165) is 12.8 Å². The number of nitrogens with zero attached hydrogens (tertiary/aromatic N) is 1. The molecule has 0 spiro atoms. The van der Waals surface area contributed by atoms with Crippen LogP contribution in [0.5, 0.6) is 0 Å². The van der Waals surface area contributed by atoms with Gasteiger partial charge in [0, 0.05) is 12.6 Å². The van der Waals surface area contributed by atoms with Crippen molar-refractivity contribution in [2.75, 3.05) is 13.1 Å². The van der Waals surface area contributed by atoms with Crippen molar-refractivity contribution in [3.8, 4) is 0 Å². The lowest BCUT2D eigenvalue weighted by atomic mass is 9.98. The van der Waals surface area contributed by atoms with Crippen molar-refractivity contribution in [2.45, 2.75) is 44.9 Å². The van der Waals surface area contributed by atoms with Gasteiger partial charge in [-0.1, -0.05) is 6.08 Å². The van der Waals surface area contributed by atoms with Crippen LogP contribution in [0.4, 0.5) is 0 Å². The van der Waals surface area contributed by atoms with E-state index in [1.54, 1.807) is 6.08 Å². The smallest absolute Gasteiger partial charge is 0.317 e. The van der Waals surface area contributed by atoms with E-state index in [4.69, 9.17) is 9.84 Å². The van der Waals surface area contributed by atoms with Gasteiger partial charge in [-0.05, 0) is 26.7 Å². The van der Waals surface area contributed by atoms with Crippen LogP contribution in [0.3, 0.4) is 0 Å². The summed E-state index contributed by atoms with van der Waals surface area (Å²) in [6, 6.07) is 0.285. The monoisotopic (exact) mass is 227 g/mol. The zero-order valence-corrected chi connectivity index (χ0v) is 10.1. The number of ether oxygens (including phenoxy) is 1. The molecule has 1 rings (SSSR count). The van der Waals surface area contributed by atoms with Gasteiger partial charge in [0.2, 0.25) is 0 Å². The Morgan fingerprint density at radius 3 is 2.50 bits per heavy atom. The van der Waals surface area contributed by atoms with Gasteiger partial charge in [-0.3, -0.25) is 9.69 Å². The van der Waals surface area contributed by atoms with Gasteiger partial charge in [-0.2, -0.15) is 0 Å². The molecule has 0 radical (unpaired) electrons. The van der Waals surface area contributed by atoms with Crippen LogP contribution in [0.15, 0.2) is 12.7 Å². The van der Waals surface area contributed by atoms with Crippen LogP contribution in [-0.2, 0) is 9.53 Å². The largest absolute Gasteiger partial charge is 0.480 e. The highest BCUT2D eigenvalue weighted by molar-refractivity contribution is 5.69. The van der Waals surface area contributed by atoms with Gasteiger partial charge in [-0.15, -0.1) is 6.58 Å². The van der Waals surface area contributed by atoms with E-state index in [-0.39, 0.29) is 24.8 Å². The van der Waals surface area contributed by atoms with Crippen LogP contribution < -0.4 is 0 Å². The summed E-state index contributed by atoms with van der Waals surface area (Å²) in [5.74, 6) is -0.784. The minimum Gasteiger partial charge on any atom is -0.480 e. The Balaban J connectivity index is 2.61. The molecule has 0 amide bonds. The number of carboxylic acid groups (broad SMARTS) is 1. The molecule has 1 heterocycles. The average molecular weight is 227 g/mol. The molecule has 2 unspecified atom stereocenters. The Kier molecular flexibility index (Phi) is 4.96. The minimum atomic E-state index is -0.784. The van der Waals surface area contributed by atoms with Gasteiger partial charge in [-0.25, -0.2) is 0 Å². The predicted molar refractivity (Wildman–Crippen MR) is 62.4 cm³/mol. The van der Waals surface area contributed by atoms with Crippen LogP contribution in [-0.4, -0.2) is 47.3 Å². The zero-order valence-electron chi connectivity index (χ0n) is 10.1. The van der Waals surface area contributed by atoms with Crippen molar-refractivity contribution in [1.29, 1.82) is 0 Å². The van der Waals surface area contributed by atoms with Crippen molar-refractivity contribution in [1.82, 2.24) is 4.90 Å². The minimum absolute atomic E-state index is 0.0795. The van der Waals surface area contributed by atoms with Gasteiger partial charge in [0.05, 0.1) is 18.8 Å². The first-order chi connectivity index (χ1) is 7.52. The summed E-state index contributed by atoms with van der Waals surface area (Å²) < 4.78 is 5.65. The van der Waals surface area contributed by atoms with Crippen molar-refractivity contribution < 1.29 is 14.6 Å². The maximum absolute atomic E-state index is 10.8. The van der Waals surface area contributed by atoms with E-state index < -0.39 is 5.97 Å². The molecule has 0 bridgehead atoms. The standard InChI is InChI=1S/C12H21NO3/c1-4-5-13(8-12(14)15)11-6-9(2)16-10(3)7-11/h4,9-11H,1,5-8H2,2-3H3,(H,14,15). The first kappa shape index (κ1) is 13.2. The molecule has 1 aliphatic rings. The molecule has 16 heavy (non-hydrogen) atoms. The second-order valence-corrected chi connectivity index (χ2v) is 4.49. The highest BCUT2D eigenvalue weighted by Gasteiger charge is 2.29. The molecule has 0 aromatic heterocycles. The van der Waals surface area contributed by atoms with E-state index in [2.05, 4.69) is 6.58 Å². The lowest BCUT2D eigenvalue weighted by Gasteiger charge is -2.38. The Hall–Kier alpha value is -0.870. The van der Waals surface area contributed by atoms with E-state index >= 15 is 0 Å². The average Bonchev–Trinajstić information content (AvgIpc) is 2.14. The molecule has 1 aliphatic heterocycles. The fourth-order valence-electron chi connectivity index (χ4n) is 2.35. The first-order valence-electron chi connectivity index (χ1n) is 5.75. The Morgan fingerprint density at radius 1 is 1.50 bits per heavy atom. The molecule has 0 aliphatic carbocycles. The molecule has 92 valence electrons. The van der Waals surface area contributed by atoms with Gasteiger partial charge in [0.1, 0.15) is 0 Å². The lowest BCUT2D eigenvalue weighted by molar-refractivity contribution is -0.140. The van der Waals surface area contributed by atoms with Gasteiger partial charge in [0.25, 0.3) is 0 Å². The number of carbonyl (C=O) groups is 1. The Labute approximate surface area is 96.9 Å². The molecular formula is C12H21NO3. The molecular weight excluding hydrogens is 206 g/mol. The number of aliphatic carboxylic acids is 1. The highest BCUT2D eigenvalue weighted by Crippen LogP contribution is 2.23. The second-order valence-electron chi connectivity index (χ2n) is 4.49.